The molecule has 0 aliphatic carbocycles. The van der Waals surface area contributed by atoms with E-state index in [1.807, 2.05) is 43.3 Å². The number of amides is 2. The van der Waals surface area contributed by atoms with Gasteiger partial charge in [0.1, 0.15) is 12.4 Å². The van der Waals surface area contributed by atoms with Crippen LogP contribution in [0.4, 0.5) is 10.5 Å². The van der Waals surface area contributed by atoms with Gasteiger partial charge in [-0.1, -0.05) is 43.2 Å². The number of aryl methyl sites for hydroxylation is 1. The van der Waals surface area contributed by atoms with Gasteiger partial charge in [0, 0.05) is 31.9 Å². The highest BCUT2D eigenvalue weighted by Gasteiger charge is 2.18. The molecular formula is C27H38N2O6. The zero-order chi connectivity index (χ0) is 25.5. The molecule has 1 unspecified atom stereocenters. The Hall–Kier alpha value is -3.10. The Balaban J connectivity index is 1.89. The van der Waals surface area contributed by atoms with Crippen LogP contribution < -0.4 is 10.1 Å². The SMILES string of the molecule is CCCCOCCN(CCOc1ccc(CC(OCC)C(=O)O)cc1)C(=O)Nc1ccc(C)cc1. The van der Waals surface area contributed by atoms with Crippen molar-refractivity contribution in [3.8, 4) is 5.75 Å². The molecule has 1 atom stereocenters. The van der Waals surface area contributed by atoms with Gasteiger partial charge < -0.3 is 29.5 Å². The number of anilines is 1. The highest BCUT2D eigenvalue weighted by atomic mass is 16.5. The molecule has 2 aromatic carbocycles. The van der Waals surface area contributed by atoms with Crippen molar-refractivity contribution in [1.29, 1.82) is 0 Å². The average molecular weight is 487 g/mol. The number of carboxylic acids is 1. The lowest BCUT2D eigenvalue weighted by molar-refractivity contribution is -0.149. The second-order valence-corrected chi connectivity index (χ2v) is 8.23. The first kappa shape index (κ1) is 28.1. The summed E-state index contributed by atoms with van der Waals surface area (Å²) in [5, 5.41) is 12.2. The summed E-state index contributed by atoms with van der Waals surface area (Å²) >= 11 is 0. The number of benzene rings is 2. The number of carboxylic acid groups (broad SMARTS) is 1. The molecule has 0 heterocycles. The largest absolute Gasteiger partial charge is 0.492 e. The maximum atomic E-state index is 12.9. The number of aliphatic carboxylic acids is 1. The first-order valence-corrected chi connectivity index (χ1v) is 12.2. The second kappa shape index (κ2) is 15.7. The highest BCUT2D eigenvalue weighted by molar-refractivity contribution is 5.89. The van der Waals surface area contributed by atoms with Crippen LogP contribution in [0.25, 0.3) is 0 Å². The Bertz CT molecular complexity index is 886. The fraction of sp³-hybridized carbons (Fsp3) is 0.481. The zero-order valence-corrected chi connectivity index (χ0v) is 21.0. The lowest BCUT2D eigenvalue weighted by Crippen LogP contribution is -2.40. The van der Waals surface area contributed by atoms with E-state index in [4.69, 9.17) is 14.2 Å². The summed E-state index contributed by atoms with van der Waals surface area (Å²) in [6.07, 6.45) is 1.47. The maximum Gasteiger partial charge on any atom is 0.333 e. The third-order valence-corrected chi connectivity index (χ3v) is 5.36. The minimum atomic E-state index is -0.977. The molecule has 2 N–H and O–H groups in total. The number of hydrogen-bond acceptors (Lipinski definition) is 5. The number of urea groups is 1. The van der Waals surface area contributed by atoms with Crippen molar-refractivity contribution in [2.45, 2.75) is 46.1 Å². The Morgan fingerprint density at radius 1 is 0.971 bits per heavy atom. The predicted molar refractivity (Wildman–Crippen MR) is 136 cm³/mol. The third-order valence-electron chi connectivity index (χ3n) is 5.36. The molecule has 2 amide bonds. The minimum Gasteiger partial charge on any atom is -0.492 e. The fourth-order valence-corrected chi connectivity index (χ4v) is 3.31. The number of unbranched alkanes of at least 4 members (excludes halogenated alkanes) is 1. The minimum absolute atomic E-state index is 0.206. The van der Waals surface area contributed by atoms with Crippen LogP contribution in [0, 0.1) is 6.92 Å². The Labute approximate surface area is 208 Å². The molecule has 0 saturated carbocycles. The summed E-state index contributed by atoms with van der Waals surface area (Å²) in [4.78, 5) is 25.8. The number of ether oxygens (including phenoxy) is 3. The molecule has 0 bridgehead atoms. The Morgan fingerprint density at radius 3 is 2.29 bits per heavy atom. The van der Waals surface area contributed by atoms with Crippen LogP contribution in [0.15, 0.2) is 48.5 Å². The number of carbonyl (C=O) groups is 2. The van der Waals surface area contributed by atoms with Gasteiger partial charge in [0.05, 0.1) is 13.2 Å². The van der Waals surface area contributed by atoms with Gasteiger partial charge in [-0.15, -0.1) is 0 Å². The van der Waals surface area contributed by atoms with Crippen LogP contribution in [0.1, 0.15) is 37.8 Å². The van der Waals surface area contributed by atoms with Gasteiger partial charge >= 0.3 is 12.0 Å². The normalized spacial score (nSPS) is 11.6. The molecule has 0 fully saturated rings. The number of rotatable bonds is 16. The topological polar surface area (TPSA) is 97.3 Å². The summed E-state index contributed by atoms with van der Waals surface area (Å²) in [5.74, 6) is -0.329. The number of nitrogens with one attached hydrogen (secondary N) is 1. The summed E-state index contributed by atoms with van der Waals surface area (Å²) in [7, 11) is 0. The molecule has 8 nitrogen and oxygen atoms in total. The van der Waals surface area contributed by atoms with E-state index >= 15 is 0 Å². The van der Waals surface area contributed by atoms with E-state index in [9.17, 15) is 14.7 Å². The Kier molecular flexibility index (Phi) is 12.7. The van der Waals surface area contributed by atoms with Gasteiger partial charge in [0.15, 0.2) is 6.10 Å². The first-order valence-electron chi connectivity index (χ1n) is 12.2. The monoisotopic (exact) mass is 486 g/mol. The van der Waals surface area contributed by atoms with Crippen molar-refractivity contribution < 1.29 is 28.9 Å². The van der Waals surface area contributed by atoms with E-state index in [-0.39, 0.29) is 12.5 Å². The highest BCUT2D eigenvalue weighted by Crippen LogP contribution is 2.15. The smallest absolute Gasteiger partial charge is 0.333 e. The van der Waals surface area contributed by atoms with Crippen molar-refractivity contribution >= 4 is 17.7 Å². The van der Waals surface area contributed by atoms with Crippen molar-refractivity contribution in [1.82, 2.24) is 4.90 Å². The number of carbonyl (C=O) groups excluding carboxylic acids is 1. The van der Waals surface area contributed by atoms with Crippen LogP contribution in [-0.4, -0.2) is 67.6 Å². The molecule has 35 heavy (non-hydrogen) atoms. The Morgan fingerprint density at radius 2 is 1.66 bits per heavy atom. The van der Waals surface area contributed by atoms with Crippen LogP contribution in [0.3, 0.4) is 0 Å². The maximum absolute atomic E-state index is 12.9. The van der Waals surface area contributed by atoms with E-state index in [0.717, 1.165) is 29.7 Å². The molecule has 8 heteroatoms. The number of nitrogens with zero attached hydrogens (tertiary/aromatic N) is 1. The molecule has 2 rings (SSSR count). The van der Waals surface area contributed by atoms with E-state index in [1.165, 1.54) is 0 Å². The quantitative estimate of drug-likeness (QED) is 0.332. The van der Waals surface area contributed by atoms with Gasteiger partial charge in [-0.2, -0.15) is 0 Å². The lowest BCUT2D eigenvalue weighted by atomic mass is 10.1. The molecule has 0 aliphatic rings. The molecule has 0 radical (unpaired) electrons. The summed E-state index contributed by atoms with van der Waals surface area (Å²) in [6, 6.07) is 14.7. The van der Waals surface area contributed by atoms with Crippen LogP contribution in [0.2, 0.25) is 0 Å². The molecule has 0 aromatic heterocycles. The van der Waals surface area contributed by atoms with Gasteiger partial charge in [-0.3, -0.25) is 0 Å². The summed E-state index contributed by atoms with van der Waals surface area (Å²) < 4.78 is 16.8. The van der Waals surface area contributed by atoms with Crippen molar-refractivity contribution in [3.05, 3.63) is 59.7 Å². The zero-order valence-electron chi connectivity index (χ0n) is 21.0. The summed E-state index contributed by atoms with van der Waals surface area (Å²) in [6.45, 7) is 8.52. The van der Waals surface area contributed by atoms with Crippen molar-refractivity contribution in [2.24, 2.45) is 0 Å². The lowest BCUT2D eigenvalue weighted by Gasteiger charge is -2.23. The first-order chi connectivity index (χ1) is 16.9. The molecule has 0 spiro atoms. The molecule has 0 aliphatic heterocycles. The van der Waals surface area contributed by atoms with E-state index in [1.54, 1.807) is 24.0 Å². The standard InChI is InChI=1S/C27H38N2O6/c1-4-6-17-33-18-15-29(27(32)28-23-11-7-21(3)8-12-23)16-19-35-24-13-9-22(10-14-24)20-25(26(30)31)34-5-2/h7-14,25H,4-6,15-20H2,1-3H3,(H,28,32)(H,30,31). The van der Waals surface area contributed by atoms with E-state index < -0.39 is 12.1 Å². The fourth-order valence-electron chi connectivity index (χ4n) is 3.31. The number of hydrogen-bond donors (Lipinski definition) is 2. The van der Waals surface area contributed by atoms with Gasteiger partial charge in [-0.05, 0) is 50.1 Å². The van der Waals surface area contributed by atoms with Gasteiger partial charge in [-0.25, -0.2) is 9.59 Å². The van der Waals surface area contributed by atoms with Crippen molar-refractivity contribution in [2.75, 3.05) is 44.8 Å². The summed E-state index contributed by atoms with van der Waals surface area (Å²) in [5.41, 5.74) is 2.71. The third kappa shape index (κ3) is 10.8. The average Bonchev–Trinajstić information content (AvgIpc) is 2.84. The van der Waals surface area contributed by atoms with Crippen LogP contribution in [-0.2, 0) is 20.7 Å². The van der Waals surface area contributed by atoms with Crippen LogP contribution in [0.5, 0.6) is 5.75 Å². The molecule has 0 saturated heterocycles. The molecule has 2 aromatic rings. The predicted octanol–water partition coefficient (Wildman–Crippen LogP) is 4.76. The van der Waals surface area contributed by atoms with Gasteiger partial charge in [0.25, 0.3) is 0 Å². The second-order valence-electron chi connectivity index (χ2n) is 8.23. The van der Waals surface area contributed by atoms with E-state index in [0.29, 0.717) is 45.3 Å². The molecular weight excluding hydrogens is 448 g/mol. The van der Waals surface area contributed by atoms with E-state index in [2.05, 4.69) is 12.2 Å². The van der Waals surface area contributed by atoms with Gasteiger partial charge in [0.2, 0.25) is 0 Å². The van der Waals surface area contributed by atoms with Crippen LogP contribution >= 0.6 is 0 Å². The molecule has 192 valence electrons. The van der Waals surface area contributed by atoms with Crippen molar-refractivity contribution in [3.63, 3.8) is 0 Å².